The second-order valence-corrected chi connectivity index (χ2v) is 6.01. The lowest BCUT2D eigenvalue weighted by molar-refractivity contribution is -0.137. The monoisotopic (exact) mass is 297 g/mol. The van der Waals surface area contributed by atoms with Crippen LogP contribution in [0.4, 0.5) is 0 Å². The summed E-state index contributed by atoms with van der Waals surface area (Å²) in [6, 6.07) is 14.1. The lowest BCUT2D eigenvalue weighted by Crippen LogP contribution is -2.40. The molecule has 0 unspecified atom stereocenters. The van der Waals surface area contributed by atoms with E-state index in [4.69, 9.17) is 4.74 Å². The first-order valence-corrected chi connectivity index (χ1v) is 8.18. The van der Waals surface area contributed by atoms with Gasteiger partial charge in [0.15, 0.2) is 6.10 Å². The molecule has 0 radical (unpaired) electrons. The lowest BCUT2D eigenvalue weighted by atomic mass is 10.1. The zero-order valence-corrected chi connectivity index (χ0v) is 13.1. The van der Waals surface area contributed by atoms with Crippen molar-refractivity contribution in [3.05, 3.63) is 42.5 Å². The number of fused-ring (bicyclic) bond motifs is 1. The highest BCUT2D eigenvalue weighted by Crippen LogP contribution is 2.22. The predicted octanol–water partition coefficient (Wildman–Crippen LogP) is 4.01. The van der Waals surface area contributed by atoms with Gasteiger partial charge in [-0.1, -0.05) is 43.2 Å². The molecule has 0 bridgehead atoms. The molecule has 3 heteroatoms. The third-order valence-corrected chi connectivity index (χ3v) is 4.30. The SMILES string of the molecule is C[C@H](Oc1ccc2ccccc2c1)C(=O)N1CCCCCC1. The number of rotatable bonds is 3. The van der Waals surface area contributed by atoms with Gasteiger partial charge in [-0.2, -0.15) is 0 Å². The highest BCUT2D eigenvalue weighted by atomic mass is 16.5. The predicted molar refractivity (Wildman–Crippen MR) is 89.1 cm³/mol. The highest BCUT2D eigenvalue weighted by Gasteiger charge is 2.22. The summed E-state index contributed by atoms with van der Waals surface area (Å²) in [4.78, 5) is 14.5. The van der Waals surface area contributed by atoms with Crippen LogP contribution in [-0.2, 0) is 4.79 Å². The molecule has 1 saturated heterocycles. The summed E-state index contributed by atoms with van der Waals surface area (Å²) >= 11 is 0. The van der Waals surface area contributed by atoms with Crippen LogP contribution in [0.3, 0.4) is 0 Å². The van der Waals surface area contributed by atoms with E-state index in [0.717, 1.165) is 37.1 Å². The van der Waals surface area contributed by atoms with Gasteiger partial charge in [-0.15, -0.1) is 0 Å². The summed E-state index contributed by atoms with van der Waals surface area (Å²) < 4.78 is 5.89. The minimum Gasteiger partial charge on any atom is -0.481 e. The molecule has 22 heavy (non-hydrogen) atoms. The molecule has 1 fully saturated rings. The van der Waals surface area contributed by atoms with Gasteiger partial charge in [0.05, 0.1) is 0 Å². The number of carbonyl (C=O) groups is 1. The van der Waals surface area contributed by atoms with Gasteiger partial charge in [0.2, 0.25) is 0 Å². The smallest absolute Gasteiger partial charge is 0.263 e. The van der Waals surface area contributed by atoms with Crippen LogP contribution in [0.5, 0.6) is 5.75 Å². The van der Waals surface area contributed by atoms with Crippen molar-refractivity contribution in [1.29, 1.82) is 0 Å². The Bertz CT molecular complexity index is 645. The number of ether oxygens (including phenoxy) is 1. The van der Waals surface area contributed by atoms with Gasteiger partial charge in [-0.05, 0) is 42.7 Å². The van der Waals surface area contributed by atoms with Gasteiger partial charge in [-0.25, -0.2) is 0 Å². The van der Waals surface area contributed by atoms with Crippen molar-refractivity contribution < 1.29 is 9.53 Å². The van der Waals surface area contributed by atoms with Crippen molar-refractivity contribution in [2.75, 3.05) is 13.1 Å². The molecule has 2 aromatic carbocycles. The highest BCUT2D eigenvalue weighted by molar-refractivity contribution is 5.84. The molecule has 0 saturated carbocycles. The Hall–Kier alpha value is -2.03. The third kappa shape index (κ3) is 3.41. The Kier molecular flexibility index (Phi) is 4.62. The van der Waals surface area contributed by atoms with Crippen LogP contribution < -0.4 is 4.74 Å². The Balaban J connectivity index is 1.68. The van der Waals surface area contributed by atoms with Crippen LogP contribution in [0.25, 0.3) is 10.8 Å². The molecule has 1 amide bonds. The average Bonchev–Trinajstić information content (AvgIpc) is 2.83. The number of carbonyl (C=O) groups excluding carboxylic acids is 1. The van der Waals surface area contributed by atoms with E-state index in [1.165, 1.54) is 18.2 Å². The van der Waals surface area contributed by atoms with E-state index in [2.05, 4.69) is 12.1 Å². The summed E-state index contributed by atoms with van der Waals surface area (Å²) in [7, 11) is 0. The maximum Gasteiger partial charge on any atom is 0.263 e. The van der Waals surface area contributed by atoms with Crippen LogP contribution in [-0.4, -0.2) is 30.0 Å². The molecule has 0 spiro atoms. The van der Waals surface area contributed by atoms with Gasteiger partial charge in [0.1, 0.15) is 5.75 Å². The molecule has 0 N–H and O–H groups in total. The van der Waals surface area contributed by atoms with Crippen molar-refractivity contribution in [2.24, 2.45) is 0 Å². The quantitative estimate of drug-likeness (QED) is 0.856. The van der Waals surface area contributed by atoms with Gasteiger partial charge in [-0.3, -0.25) is 4.79 Å². The summed E-state index contributed by atoms with van der Waals surface area (Å²) in [5.74, 6) is 0.865. The Morgan fingerprint density at radius 1 is 1.00 bits per heavy atom. The summed E-state index contributed by atoms with van der Waals surface area (Å²) in [6.45, 7) is 3.58. The first-order chi connectivity index (χ1) is 10.7. The number of likely N-dealkylation sites (tertiary alicyclic amines) is 1. The van der Waals surface area contributed by atoms with Crippen molar-refractivity contribution in [1.82, 2.24) is 4.90 Å². The minimum absolute atomic E-state index is 0.107. The number of nitrogens with zero attached hydrogens (tertiary/aromatic N) is 1. The maximum absolute atomic E-state index is 12.5. The standard InChI is InChI=1S/C19H23NO2/c1-15(19(21)20-12-6-2-3-7-13-20)22-18-11-10-16-8-4-5-9-17(16)14-18/h4-5,8-11,14-15H,2-3,6-7,12-13H2,1H3/t15-/m0/s1. The molecule has 0 aliphatic carbocycles. The van der Waals surface area contributed by atoms with Gasteiger partial charge < -0.3 is 9.64 Å². The van der Waals surface area contributed by atoms with E-state index in [1.807, 2.05) is 42.2 Å². The van der Waals surface area contributed by atoms with Gasteiger partial charge >= 0.3 is 0 Å². The van der Waals surface area contributed by atoms with Crippen LogP contribution in [0.15, 0.2) is 42.5 Å². The van der Waals surface area contributed by atoms with Crippen molar-refractivity contribution in [3.63, 3.8) is 0 Å². The molecule has 1 aliphatic heterocycles. The fraction of sp³-hybridized carbons (Fsp3) is 0.421. The fourth-order valence-electron chi connectivity index (χ4n) is 3.04. The largest absolute Gasteiger partial charge is 0.481 e. The first kappa shape index (κ1) is 14.9. The molecule has 0 aromatic heterocycles. The maximum atomic E-state index is 12.5. The lowest BCUT2D eigenvalue weighted by Gasteiger charge is -2.24. The van der Waals surface area contributed by atoms with Gasteiger partial charge in [0, 0.05) is 13.1 Å². The van der Waals surface area contributed by atoms with Crippen molar-refractivity contribution in [3.8, 4) is 5.75 Å². The van der Waals surface area contributed by atoms with Crippen LogP contribution >= 0.6 is 0 Å². The van der Waals surface area contributed by atoms with Crippen LogP contribution in [0.1, 0.15) is 32.6 Å². The molecule has 1 atom stereocenters. The number of benzene rings is 2. The molecule has 1 heterocycles. The summed E-state index contributed by atoms with van der Waals surface area (Å²) in [5.41, 5.74) is 0. The van der Waals surface area contributed by atoms with E-state index >= 15 is 0 Å². The molecule has 3 rings (SSSR count). The molecule has 1 aliphatic rings. The Labute approximate surface area is 131 Å². The minimum atomic E-state index is -0.431. The Morgan fingerprint density at radius 3 is 2.41 bits per heavy atom. The number of hydrogen-bond donors (Lipinski definition) is 0. The van der Waals surface area contributed by atoms with E-state index in [1.54, 1.807) is 0 Å². The molecule has 2 aromatic rings. The second kappa shape index (κ2) is 6.82. The van der Waals surface area contributed by atoms with E-state index in [0.29, 0.717) is 0 Å². The van der Waals surface area contributed by atoms with Crippen LogP contribution in [0, 0.1) is 0 Å². The second-order valence-electron chi connectivity index (χ2n) is 6.01. The molecular weight excluding hydrogens is 274 g/mol. The Morgan fingerprint density at radius 2 is 1.68 bits per heavy atom. The third-order valence-electron chi connectivity index (χ3n) is 4.30. The summed E-state index contributed by atoms with van der Waals surface area (Å²) in [6.07, 6.45) is 4.23. The topological polar surface area (TPSA) is 29.5 Å². The summed E-state index contributed by atoms with van der Waals surface area (Å²) in [5, 5.41) is 2.32. The molecular formula is C19H23NO2. The van der Waals surface area contributed by atoms with Crippen molar-refractivity contribution >= 4 is 16.7 Å². The van der Waals surface area contributed by atoms with Crippen molar-refractivity contribution in [2.45, 2.75) is 38.7 Å². The molecule has 116 valence electrons. The van der Waals surface area contributed by atoms with E-state index in [9.17, 15) is 4.79 Å². The zero-order chi connectivity index (χ0) is 15.4. The fourth-order valence-corrected chi connectivity index (χ4v) is 3.04. The van der Waals surface area contributed by atoms with Crippen LogP contribution in [0.2, 0.25) is 0 Å². The zero-order valence-electron chi connectivity index (χ0n) is 13.1. The molecule has 3 nitrogen and oxygen atoms in total. The first-order valence-electron chi connectivity index (χ1n) is 8.18. The number of amides is 1. The number of hydrogen-bond acceptors (Lipinski definition) is 2. The average molecular weight is 297 g/mol. The van der Waals surface area contributed by atoms with E-state index in [-0.39, 0.29) is 5.91 Å². The van der Waals surface area contributed by atoms with E-state index < -0.39 is 6.10 Å². The van der Waals surface area contributed by atoms with Gasteiger partial charge in [0.25, 0.3) is 5.91 Å². The normalized spacial score (nSPS) is 17.0.